The number of para-hydroxylation sites is 1. The quantitative estimate of drug-likeness (QED) is 0.137. The van der Waals surface area contributed by atoms with Gasteiger partial charge in [0.2, 0.25) is 0 Å². The molecule has 6 radical (unpaired) electrons. The first kappa shape index (κ1) is 68.1. The van der Waals surface area contributed by atoms with Crippen LogP contribution in [0.2, 0.25) is 0 Å². The topological polar surface area (TPSA) is 130 Å². The van der Waals surface area contributed by atoms with Gasteiger partial charge in [-0.1, -0.05) is 129 Å². The second-order valence-electron chi connectivity index (χ2n) is 19.3. The Bertz CT molecular complexity index is 5320. The second kappa shape index (κ2) is 30.8. The molecule has 19 aromatic rings. The SMILES string of the molecule is Cc1c[c-]c2c3ncccc3ccn12.Fc1ccnc2c1ccn1cc[c-]c21.[Ir].[Ir].[Ir].[Ir].[Ir].[Ir].[c-]1c2ccccc2n2ccc3cccnc3c12.[c-]1ccn2ccc3cccnc3c12.[c-]1cnn2ccc3cccnc3c12.[c-]1ncn2ccc3cccnc3c12. The molecule has 0 saturated heterocycles. The van der Waals surface area contributed by atoms with Gasteiger partial charge in [-0.2, -0.15) is 41.5 Å². The minimum absolute atomic E-state index is 0. The van der Waals surface area contributed by atoms with Crippen molar-refractivity contribution < 1.29 is 125 Å². The van der Waals surface area contributed by atoms with Crippen molar-refractivity contribution in [1.29, 1.82) is 0 Å². The monoisotopic (exact) mass is 2240 g/mol. The Morgan fingerprint density at radius 1 is 0.389 bits per heavy atom. The van der Waals surface area contributed by atoms with E-state index >= 15 is 0 Å². The Balaban J connectivity index is 0.000000138. The summed E-state index contributed by atoms with van der Waals surface area (Å²) in [7, 11) is 0. The molecule has 0 N–H and O–H groups in total. The minimum Gasteiger partial charge on any atom is -0.397 e. The molecule has 18 heterocycles. The molecule has 0 unspecified atom stereocenters. The van der Waals surface area contributed by atoms with Crippen LogP contribution in [0, 0.1) is 49.3 Å². The van der Waals surface area contributed by atoms with Gasteiger partial charge in [0.1, 0.15) is 5.82 Å². The molecule has 0 aliphatic heterocycles. The van der Waals surface area contributed by atoms with Crippen LogP contribution in [0.5, 0.6) is 0 Å². The summed E-state index contributed by atoms with van der Waals surface area (Å²) in [5, 5.41) is 11.5. The van der Waals surface area contributed by atoms with Crippen molar-refractivity contribution in [3.05, 3.63) is 293 Å². The van der Waals surface area contributed by atoms with E-state index in [9.17, 15) is 4.39 Å². The summed E-state index contributed by atoms with van der Waals surface area (Å²) in [4.78, 5) is 29.8. The van der Waals surface area contributed by atoms with E-state index in [1.165, 1.54) is 23.5 Å². The number of nitrogens with zero attached hydrogens (tertiary/aromatic N) is 14. The van der Waals surface area contributed by atoms with Gasteiger partial charge in [-0.05, 0) is 160 Å². The fourth-order valence-corrected chi connectivity index (χ4v) is 10.2. The normalized spacial score (nSPS) is 10.5. The summed E-state index contributed by atoms with van der Waals surface area (Å²) >= 11 is 0. The van der Waals surface area contributed by atoms with Crippen LogP contribution in [0.25, 0.3) is 109 Å². The van der Waals surface area contributed by atoms with Gasteiger partial charge in [0.25, 0.3) is 0 Å². The average Bonchev–Trinajstić information content (AvgIpc) is 1.86. The van der Waals surface area contributed by atoms with Crippen LogP contribution in [0.4, 0.5) is 4.39 Å². The number of hydrogen-bond acceptors (Lipinski definition) is 8. The van der Waals surface area contributed by atoms with Crippen molar-refractivity contribution in [3.63, 3.8) is 0 Å². The van der Waals surface area contributed by atoms with E-state index in [1.54, 1.807) is 47.8 Å². The molecule has 90 heavy (non-hydrogen) atoms. The van der Waals surface area contributed by atoms with Crippen LogP contribution in [-0.4, -0.2) is 66.5 Å². The van der Waals surface area contributed by atoms with Gasteiger partial charge in [-0.15, -0.1) is 23.6 Å². The molecule has 0 spiro atoms. The third-order valence-corrected chi connectivity index (χ3v) is 14.3. The third-order valence-electron chi connectivity index (χ3n) is 14.3. The van der Waals surface area contributed by atoms with E-state index in [-0.39, 0.29) is 126 Å². The molecular weight excluding hydrogens is 2200 g/mol. The van der Waals surface area contributed by atoms with Crippen molar-refractivity contribution in [1.82, 2.24) is 66.5 Å². The van der Waals surface area contributed by atoms with Gasteiger partial charge in [-0.25, -0.2) is 10.5 Å². The second-order valence-corrected chi connectivity index (χ2v) is 19.3. The van der Waals surface area contributed by atoms with Crippen molar-refractivity contribution in [2.24, 2.45) is 0 Å². The third kappa shape index (κ3) is 13.8. The van der Waals surface area contributed by atoms with E-state index in [0.29, 0.717) is 10.9 Å². The first-order valence-corrected chi connectivity index (χ1v) is 26.7. The molecule has 0 atom stereocenters. The number of pyridine rings is 12. The molecule has 19 rings (SSSR count). The molecule has 0 bridgehead atoms. The summed E-state index contributed by atoms with van der Waals surface area (Å²) in [5.74, 6) is -0.243. The summed E-state index contributed by atoms with van der Waals surface area (Å²) in [6.07, 6.45) is 32.5. The van der Waals surface area contributed by atoms with Crippen LogP contribution >= 0.6 is 0 Å². The zero-order valence-electron chi connectivity index (χ0n) is 46.7. The Hall–Kier alpha value is -7.81. The zero-order valence-corrected chi connectivity index (χ0v) is 61.1. The molecule has 14 nitrogen and oxygen atoms in total. The molecular formula is C69H43FIr6N14-6. The number of hydrogen-bond donors (Lipinski definition) is 0. The number of benzene rings is 1. The molecule has 21 heteroatoms. The largest absolute Gasteiger partial charge is 0.397 e. The maximum Gasteiger partial charge on any atom is 0.121 e. The molecule has 0 aliphatic rings. The molecule has 0 fully saturated rings. The predicted molar refractivity (Wildman–Crippen MR) is 327 cm³/mol. The van der Waals surface area contributed by atoms with E-state index < -0.39 is 0 Å². The van der Waals surface area contributed by atoms with Crippen molar-refractivity contribution in [3.8, 4) is 0 Å². The van der Waals surface area contributed by atoms with E-state index in [1.807, 2.05) is 142 Å². The van der Waals surface area contributed by atoms with Gasteiger partial charge in [-0.3, -0.25) is 4.52 Å². The van der Waals surface area contributed by atoms with Crippen LogP contribution in [0.15, 0.2) is 245 Å². The minimum atomic E-state index is -0.243. The maximum atomic E-state index is 13.4. The Kier molecular flexibility index (Phi) is 23.3. The smallest absolute Gasteiger partial charge is 0.121 e. The summed E-state index contributed by atoms with van der Waals surface area (Å²) in [5.41, 5.74) is 13.7. The number of aryl methyl sites for hydroxylation is 1. The van der Waals surface area contributed by atoms with Gasteiger partial charge in [0.05, 0.1) is 0 Å². The molecule has 456 valence electrons. The van der Waals surface area contributed by atoms with E-state index in [0.717, 1.165) is 93.0 Å². The zero-order chi connectivity index (χ0) is 56.3. The molecule has 0 saturated carbocycles. The van der Waals surface area contributed by atoms with Gasteiger partial charge in [0.15, 0.2) is 0 Å². The predicted octanol–water partition coefficient (Wildman–Crippen LogP) is 14.1. The Morgan fingerprint density at radius 2 is 0.878 bits per heavy atom. The van der Waals surface area contributed by atoms with Gasteiger partial charge >= 0.3 is 0 Å². The number of halogens is 1. The first-order valence-electron chi connectivity index (χ1n) is 26.7. The number of aromatic nitrogens is 14. The Morgan fingerprint density at radius 3 is 1.50 bits per heavy atom. The summed E-state index contributed by atoms with van der Waals surface area (Å²) in [6.45, 7) is 2.07. The summed E-state index contributed by atoms with van der Waals surface area (Å²) < 4.78 is 25.2. The molecule has 18 aromatic heterocycles. The van der Waals surface area contributed by atoms with Crippen molar-refractivity contribution in [2.75, 3.05) is 0 Å². The van der Waals surface area contributed by atoms with Crippen molar-refractivity contribution in [2.45, 2.75) is 6.92 Å². The molecule has 0 aliphatic carbocycles. The molecule has 1 aromatic carbocycles. The average molecular weight is 2240 g/mol. The summed E-state index contributed by atoms with van der Waals surface area (Å²) in [6, 6.07) is 63.2. The van der Waals surface area contributed by atoms with E-state index in [4.69, 9.17) is 0 Å². The fourth-order valence-electron chi connectivity index (χ4n) is 10.2. The van der Waals surface area contributed by atoms with E-state index in [2.05, 4.69) is 153 Å². The standard InChI is InChI=1S/C15H9N2.C12H9N2.C11H6FN2.C11H7N2.2C10H6N3.6Ir/c1-2-6-13-12(4-1)10-14-15-11(5-3-8-16-15)7-9-17(13)14;1-9-4-5-11-12-10(3-2-7-13-12)6-8-14(9)11;12-9-3-5-13-11-8(9)4-7-14-6-1-2-10(11)14;1-3-9-5-8-13-7-2-4-10(13)11(9)12-6-1;1-2-8-4-7-13-9(3-6-12-13)10(8)11-5-1;1-2-8-3-5-13-7-11-6-9(13)10(8)12-4-1;;;;;;/h1-9H;2-4,6-8H,1H3;1,3-7H;1-3,5-8H;1-2,4-7H;1-5,7H;;;;;;/q6*-1;;;;;;. The van der Waals surface area contributed by atoms with Crippen molar-refractivity contribution >= 4 is 109 Å². The van der Waals surface area contributed by atoms with Crippen LogP contribution < -0.4 is 0 Å². The number of rotatable bonds is 0. The van der Waals surface area contributed by atoms with Gasteiger partial charge < -0.3 is 56.9 Å². The van der Waals surface area contributed by atoms with Crippen LogP contribution in [0.1, 0.15) is 5.69 Å². The fraction of sp³-hybridized carbons (Fsp3) is 0.0145. The molecule has 0 amide bonds. The van der Waals surface area contributed by atoms with Gasteiger partial charge in [0, 0.05) is 170 Å². The number of imidazole rings is 1. The van der Waals surface area contributed by atoms with Crippen LogP contribution in [0.3, 0.4) is 0 Å². The Labute approximate surface area is 594 Å². The number of fused-ring (bicyclic) bond motifs is 20. The van der Waals surface area contributed by atoms with Crippen LogP contribution in [-0.2, 0) is 121 Å². The maximum absolute atomic E-state index is 13.4. The first-order chi connectivity index (χ1) is 41.5.